The number of nitrogens with one attached hydrogen (secondary N) is 1. The lowest BCUT2D eigenvalue weighted by Gasteiger charge is -2.32. The van der Waals surface area contributed by atoms with E-state index in [4.69, 9.17) is 4.74 Å². The van der Waals surface area contributed by atoms with Crippen molar-refractivity contribution in [3.63, 3.8) is 0 Å². The molecule has 0 spiro atoms. The molecule has 178 valence electrons. The number of halogens is 1. The molecule has 2 amide bonds. The van der Waals surface area contributed by atoms with Crippen LogP contribution in [0.4, 0.5) is 4.39 Å². The van der Waals surface area contributed by atoms with Gasteiger partial charge in [0, 0.05) is 19.5 Å². The molecule has 0 aliphatic carbocycles. The molecule has 4 atom stereocenters. The number of carbonyl (C=O) groups excluding carboxylic acids is 3. The predicted octanol–water partition coefficient (Wildman–Crippen LogP) is 3.52. The van der Waals surface area contributed by atoms with Gasteiger partial charge in [-0.2, -0.15) is 0 Å². The van der Waals surface area contributed by atoms with E-state index in [9.17, 15) is 18.8 Å². The smallest absolute Gasteiger partial charge is 0.327 e. The van der Waals surface area contributed by atoms with Gasteiger partial charge in [-0.15, -0.1) is 0 Å². The topological polar surface area (TPSA) is 75.7 Å². The molecule has 0 radical (unpaired) electrons. The van der Waals surface area contributed by atoms with Crippen LogP contribution in [0.3, 0.4) is 0 Å². The van der Waals surface area contributed by atoms with Gasteiger partial charge >= 0.3 is 5.97 Å². The second-order valence-electron chi connectivity index (χ2n) is 9.12. The van der Waals surface area contributed by atoms with Crippen LogP contribution in [0.15, 0.2) is 78.9 Å². The standard InChI is InChI=1S/C28H25FN2O4/c1-31-25(32)22-23(26(31)33)28(27(34)35-2,16-17-6-4-3-5-7-17)30-24(22)20-10-8-18(9-11-20)19-12-14-21(29)15-13-19/h3-15,22-24,30H,16H2,1-2H3/t22?,23?,24?,28-/m1/s1. The number of hydrogen-bond acceptors (Lipinski definition) is 5. The number of methoxy groups -OCH3 is 1. The molecule has 6 nitrogen and oxygen atoms in total. The number of rotatable bonds is 5. The Balaban J connectivity index is 1.56. The van der Waals surface area contributed by atoms with Crippen LogP contribution < -0.4 is 5.32 Å². The fraction of sp³-hybridized carbons (Fsp3) is 0.250. The van der Waals surface area contributed by atoms with E-state index in [0.29, 0.717) is 0 Å². The van der Waals surface area contributed by atoms with Crippen molar-refractivity contribution in [1.82, 2.24) is 10.2 Å². The van der Waals surface area contributed by atoms with E-state index in [1.165, 1.54) is 26.3 Å². The quantitative estimate of drug-likeness (QED) is 0.454. The van der Waals surface area contributed by atoms with Gasteiger partial charge in [0.2, 0.25) is 11.8 Å². The van der Waals surface area contributed by atoms with E-state index in [-0.39, 0.29) is 24.1 Å². The molecule has 7 heteroatoms. The maximum absolute atomic E-state index is 13.3. The van der Waals surface area contributed by atoms with E-state index < -0.39 is 29.4 Å². The van der Waals surface area contributed by atoms with E-state index >= 15 is 0 Å². The van der Waals surface area contributed by atoms with Crippen molar-refractivity contribution >= 4 is 17.8 Å². The number of nitrogens with zero attached hydrogens (tertiary/aromatic N) is 1. The van der Waals surface area contributed by atoms with Gasteiger partial charge in [0.25, 0.3) is 0 Å². The molecule has 2 aliphatic rings. The molecule has 0 saturated carbocycles. The van der Waals surface area contributed by atoms with Gasteiger partial charge in [-0.05, 0) is 34.4 Å². The second kappa shape index (κ2) is 8.74. The average molecular weight is 473 g/mol. The highest BCUT2D eigenvalue weighted by Gasteiger charge is 2.68. The summed E-state index contributed by atoms with van der Waals surface area (Å²) in [6.45, 7) is 0. The summed E-state index contributed by atoms with van der Waals surface area (Å²) in [4.78, 5) is 40.9. The third-order valence-electron chi connectivity index (χ3n) is 7.20. The van der Waals surface area contributed by atoms with Gasteiger partial charge in [-0.25, -0.2) is 4.39 Å². The summed E-state index contributed by atoms with van der Waals surface area (Å²) >= 11 is 0. The summed E-state index contributed by atoms with van der Waals surface area (Å²) in [6.07, 6.45) is 0.207. The summed E-state index contributed by atoms with van der Waals surface area (Å²) < 4.78 is 18.5. The zero-order valence-electron chi connectivity index (χ0n) is 19.4. The van der Waals surface area contributed by atoms with Crippen LogP contribution >= 0.6 is 0 Å². The number of fused-ring (bicyclic) bond motifs is 1. The van der Waals surface area contributed by atoms with Gasteiger partial charge in [0.1, 0.15) is 11.4 Å². The largest absolute Gasteiger partial charge is 0.468 e. The monoisotopic (exact) mass is 472 g/mol. The fourth-order valence-electron chi connectivity index (χ4n) is 5.48. The first kappa shape index (κ1) is 22.9. The third-order valence-corrected chi connectivity index (χ3v) is 7.20. The third kappa shape index (κ3) is 3.72. The van der Waals surface area contributed by atoms with E-state index in [2.05, 4.69) is 5.32 Å². The number of likely N-dealkylation sites (tertiary alicyclic amines) is 1. The van der Waals surface area contributed by atoms with Gasteiger partial charge < -0.3 is 4.74 Å². The first-order valence-electron chi connectivity index (χ1n) is 11.4. The highest BCUT2D eigenvalue weighted by Crippen LogP contribution is 2.50. The highest BCUT2D eigenvalue weighted by molar-refractivity contribution is 6.09. The number of amides is 2. The van der Waals surface area contributed by atoms with Crippen molar-refractivity contribution in [2.75, 3.05) is 14.2 Å². The van der Waals surface area contributed by atoms with E-state index in [1.54, 1.807) is 12.1 Å². The summed E-state index contributed by atoms with van der Waals surface area (Å²) in [5.41, 5.74) is 1.98. The first-order chi connectivity index (χ1) is 16.9. The SMILES string of the molecule is COC(=O)[C@]1(Cc2ccccc2)NC(c2ccc(-c3ccc(F)cc3)cc2)C2C(=O)N(C)C(=O)C21. The van der Waals surface area contributed by atoms with Crippen molar-refractivity contribution in [2.24, 2.45) is 11.8 Å². The number of imide groups is 1. The molecule has 5 rings (SSSR count). The van der Waals surface area contributed by atoms with Crippen LogP contribution in [0, 0.1) is 17.7 Å². The summed E-state index contributed by atoms with van der Waals surface area (Å²) in [6, 6.07) is 22.5. The molecule has 0 bridgehead atoms. The van der Waals surface area contributed by atoms with Gasteiger partial charge in [0.15, 0.2) is 0 Å². The van der Waals surface area contributed by atoms with Crippen molar-refractivity contribution in [1.29, 1.82) is 0 Å². The Hall–Kier alpha value is -3.84. The normalized spacial score (nSPS) is 25.6. The minimum atomic E-state index is -1.39. The number of hydrogen-bond donors (Lipinski definition) is 1. The van der Waals surface area contributed by atoms with Crippen LogP contribution in [0.25, 0.3) is 11.1 Å². The van der Waals surface area contributed by atoms with Crippen molar-refractivity contribution in [3.05, 3.63) is 95.8 Å². The van der Waals surface area contributed by atoms with Crippen LogP contribution in [0.2, 0.25) is 0 Å². The number of ether oxygens (including phenoxy) is 1. The predicted molar refractivity (Wildman–Crippen MR) is 127 cm³/mol. The van der Waals surface area contributed by atoms with Crippen LogP contribution in [0.5, 0.6) is 0 Å². The summed E-state index contributed by atoms with van der Waals surface area (Å²) in [5, 5.41) is 3.38. The Morgan fingerprint density at radius 1 is 0.943 bits per heavy atom. The molecule has 2 saturated heterocycles. The molecule has 0 aromatic heterocycles. The lowest BCUT2D eigenvalue weighted by molar-refractivity contribution is -0.153. The molecule has 3 aromatic carbocycles. The molecule has 35 heavy (non-hydrogen) atoms. The highest BCUT2D eigenvalue weighted by atomic mass is 19.1. The summed E-state index contributed by atoms with van der Waals surface area (Å²) in [5.74, 6) is -3.23. The molecule has 3 unspecified atom stereocenters. The minimum absolute atomic E-state index is 0.207. The van der Waals surface area contributed by atoms with Crippen LogP contribution in [0.1, 0.15) is 17.2 Å². The molecule has 1 N–H and O–H groups in total. The zero-order valence-corrected chi connectivity index (χ0v) is 19.4. The van der Waals surface area contributed by atoms with Gasteiger partial charge in [-0.1, -0.05) is 66.7 Å². The lowest BCUT2D eigenvalue weighted by Crippen LogP contribution is -2.57. The molecule has 3 aromatic rings. The second-order valence-corrected chi connectivity index (χ2v) is 9.12. The number of esters is 1. The zero-order chi connectivity index (χ0) is 24.7. The maximum Gasteiger partial charge on any atom is 0.327 e. The molecule has 2 fully saturated rings. The molecule has 2 heterocycles. The van der Waals surface area contributed by atoms with Crippen molar-refractivity contribution < 1.29 is 23.5 Å². The summed E-state index contributed by atoms with van der Waals surface area (Å²) in [7, 11) is 2.75. The van der Waals surface area contributed by atoms with E-state index in [0.717, 1.165) is 27.2 Å². The Labute approximate surface area is 202 Å². The fourth-order valence-corrected chi connectivity index (χ4v) is 5.48. The Kier molecular flexibility index (Phi) is 5.73. The molecular formula is C28H25FN2O4. The average Bonchev–Trinajstić information content (AvgIpc) is 3.34. The van der Waals surface area contributed by atoms with Gasteiger partial charge in [-0.3, -0.25) is 24.6 Å². The maximum atomic E-state index is 13.3. The van der Waals surface area contributed by atoms with Crippen LogP contribution in [-0.4, -0.2) is 42.4 Å². The lowest BCUT2D eigenvalue weighted by atomic mass is 9.76. The number of benzene rings is 3. The molecule has 2 aliphatic heterocycles. The van der Waals surface area contributed by atoms with Gasteiger partial charge in [0.05, 0.1) is 18.9 Å². The van der Waals surface area contributed by atoms with E-state index in [1.807, 2.05) is 54.6 Å². The Bertz CT molecular complexity index is 1280. The Morgan fingerprint density at radius 2 is 1.54 bits per heavy atom. The van der Waals surface area contributed by atoms with Crippen molar-refractivity contribution in [2.45, 2.75) is 18.0 Å². The minimum Gasteiger partial charge on any atom is -0.468 e. The van der Waals surface area contributed by atoms with Crippen molar-refractivity contribution in [3.8, 4) is 11.1 Å². The molecular weight excluding hydrogens is 447 g/mol. The van der Waals surface area contributed by atoms with Crippen LogP contribution in [-0.2, 0) is 25.5 Å². The Morgan fingerprint density at radius 3 is 2.14 bits per heavy atom. The first-order valence-corrected chi connectivity index (χ1v) is 11.4. The number of carbonyl (C=O) groups is 3.